The van der Waals surface area contributed by atoms with Gasteiger partial charge in [0, 0.05) is 30.6 Å². The van der Waals surface area contributed by atoms with Crippen LogP contribution >= 0.6 is 0 Å². The van der Waals surface area contributed by atoms with Crippen molar-refractivity contribution in [2.75, 3.05) is 34.5 Å². The number of amides is 4. The second-order valence-corrected chi connectivity index (χ2v) is 17.2. The quantitative estimate of drug-likeness (QED) is 0.0719. The van der Waals surface area contributed by atoms with Gasteiger partial charge in [0.15, 0.2) is 0 Å². The third kappa shape index (κ3) is 10.1. The molecule has 3 aromatic carbocycles. The van der Waals surface area contributed by atoms with Crippen molar-refractivity contribution in [1.29, 1.82) is 0 Å². The molecular formula is C47H62N8O8. The Morgan fingerprint density at radius 3 is 2.16 bits per heavy atom. The standard InChI is InChI=1S/C47H62N8O8/c1-12-28(7)55(45(57)41(26(4)5)53-47(59)62-11)29(8)43-48-20-37(50-43)31-13-15-33-32(17-31)24-63-38-19-34-30(18-35(33)38)14-16-36-42(34)51-39(49-36)22-54(21-27(6)23-60-9)44(56)40(25(2)3)52-46(58)61-10/h13-20,25-29,40-41H,12,21-24H2,1-11H3,(H,48,50)(H,49,51)(H,52,58)(H,53,59)/t27-,28-,29-,40-,41-/m0/s1. The van der Waals surface area contributed by atoms with Crippen molar-refractivity contribution < 1.29 is 38.1 Å². The van der Waals surface area contributed by atoms with Gasteiger partial charge in [-0.25, -0.2) is 19.6 Å². The average Bonchev–Trinajstić information content (AvgIpc) is 3.94. The summed E-state index contributed by atoms with van der Waals surface area (Å²) in [4.78, 5) is 72.4. The number of carbonyl (C=O) groups is 4. The molecule has 0 radical (unpaired) electrons. The molecule has 63 heavy (non-hydrogen) atoms. The molecule has 5 atom stereocenters. The summed E-state index contributed by atoms with van der Waals surface area (Å²) >= 11 is 0. The topological polar surface area (TPSA) is 193 Å². The molecule has 3 heterocycles. The highest BCUT2D eigenvalue weighted by atomic mass is 16.5. The molecule has 0 unspecified atom stereocenters. The molecule has 1 aliphatic heterocycles. The first-order chi connectivity index (χ1) is 30.1. The van der Waals surface area contributed by atoms with Crippen molar-refractivity contribution in [3.05, 3.63) is 65.9 Å². The van der Waals surface area contributed by atoms with Crippen LogP contribution in [-0.4, -0.2) is 106 Å². The Labute approximate surface area is 368 Å². The number of hydrogen-bond donors (Lipinski definition) is 4. The number of hydrogen-bond acceptors (Lipinski definition) is 10. The summed E-state index contributed by atoms with van der Waals surface area (Å²) in [5, 5.41) is 7.32. The lowest BCUT2D eigenvalue weighted by Gasteiger charge is -2.37. The lowest BCUT2D eigenvalue weighted by atomic mass is 9.92. The maximum Gasteiger partial charge on any atom is 0.407 e. The zero-order chi connectivity index (χ0) is 45.7. The van der Waals surface area contributed by atoms with Crippen LogP contribution in [0.1, 0.15) is 85.1 Å². The number of fused-ring (bicyclic) bond motifs is 6. The Kier molecular flexibility index (Phi) is 14.6. The first-order valence-electron chi connectivity index (χ1n) is 21.6. The van der Waals surface area contributed by atoms with E-state index >= 15 is 0 Å². The predicted molar refractivity (Wildman–Crippen MR) is 241 cm³/mol. The normalized spacial score (nSPS) is 14.6. The molecule has 4 N–H and O–H groups in total. The summed E-state index contributed by atoms with van der Waals surface area (Å²) in [6, 6.07) is 12.4. The van der Waals surface area contributed by atoms with E-state index in [9.17, 15) is 19.2 Å². The van der Waals surface area contributed by atoms with Crippen molar-refractivity contribution in [2.24, 2.45) is 17.8 Å². The Bertz CT molecular complexity index is 2440. The summed E-state index contributed by atoms with van der Waals surface area (Å²) in [6.45, 7) is 16.9. The summed E-state index contributed by atoms with van der Waals surface area (Å²) in [6.07, 6.45) is 1.18. The molecule has 2 aromatic heterocycles. The van der Waals surface area contributed by atoms with E-state index in [0.717, 1.165) is 61.9 Å². The van der Waals surface area contributed by atoms with Crippen molar-refractivity contribution >= 4 is 45.8 Å². The number of H-pyrrole nitrogens is 2. The van der Waals surface area contributed by atoms with Crippen LogP contribution in [-0.2, 0) is 37.0 Å². The van der Waals surface area contributed by atoms with Gasteiger partial charge in [-0.1, -0.05) is 59.7 Å². The van der Waals surface area contributed by atoms with Gasteiger partial charge in [-0.3, -0.25) is 9.59 Å². The molecule has 0 bridgehead atoms. The number of nitrogens with one attached hydrogen (secondary N) is 4. The summed E-state index contributed by atoms with van der Waals surface area (Å²) in [7, 11) is 4.19. The van der Waals surface area contributed by atoms with Crippen molar-refractivity contribution in [3.8, 4) is 28.1 Å². The minimum atomic E-state index is -0.787. The van der Waals surface area contributed by atoms with E-state index in [0.29, 0.717) is 31.4 Å². The summed E-state index contributed by atoms with van der Waals surface area (Å²) in [5.74, 6) is 1.24. The largest absolute Gasteiger partial charge is 0.488 e. The SMILES string of the molecule is CC[C@H](C)N(C(=O)[C@@H](NC(=O)OC)C(C)C)[C@@H](C)c1ncc(-c2ccc3c(c2)COc2cc4c(ccc5[nH]c(CN(C[C@H](C)COC)C(=O)[C@@H](NC(=O)OC)C(C)C)nc54)cc2-3)[nH]1. The van der Waals surface area contributed by atoms with Crippen molar-refractivity contribution in [1.82, 2.24) is 40.4 Å². The maximum absolute atomic E-state index is 14.0. The fourth-order valence-electron chi connectivity index (χ4n) is 8.28. The van der Waals surface area contributed by atoms with Crippen LogP contribution in [0.5, 0.6) is 5.75 Å². The number of rotatable bonds is 17. The van der Waals surface area contributed by atoms with E-state index in [1.165, 1.54) is 14.2 Å². The molecule has 16 nitrogen and oxygen atoms in total. The number of ether oxygens (including phenoxy) is 4. The van der Waals surface area contributed by atoms with E-state index in [4.69, 9.17) is 28.9 Å². The Morgan fingerprint density at radius 2 is 1.52 bits per heavy atom. The van der Waals surface area contributed by atoms with Crippen LogP contribution < -0.4 is 15.4 Å². The number of aromatic nitrogens is 4. The van der Waals surface area contributed by atoms with Gasteiger partial charge in [-0.05, 0) is 84.4 Å². The van der Waals surface area contributed by atoms with E-state index in [1.807, 2.05) is 67.5 Å². The first kappa shape index (κ1) is 46.3. The van der Waals surface area contributed by atoms with Crippen molar-refractivity contribution in [3.63, 3.8) is 0 Å². The number of imidazole rings is 2. The van der Waals surface area contributed by atoms with Crippen molar-refractivity contribution in [2.45, 2.75) is 99.1 Å². The summed E-state index contributed by atoms with van der Waals surface area (Å²) < 4.78 is 21.4. The monoisotopic (exact) mass is 866 g/mol. The minimum Gasteiger partial charge on any atom is -0.488 e. The van der Waals surface area contributed by atoms with Crippen LogP contribution in [0.4, 0.5) is 9.59 Å². The number of benzene rings is 3. The molecule has 0 saturated carbocycles. The van der Waals surface area contributed by atoms with Gasteiger partial charge in [0.2, 0.25) is 11.8 Å². The number of alkyl carbamates (subject to hydrolysis) is 2. The zero-order valence-electron chi connectivity index (χ0n) is 38.3. The molecule has 5 aromatic rings. The molecule has 0 saturated heterocycles. The molecule has 4 amide bonds. The van der Waals surface area contributed by atoms with E-state index < -0.39 is 30.3 Å². The lowest BCUT2D eigenvalue weighted by molar-refractivity contribution is -0.139. The van der Waals surface area contributed by atoms with Gasteiger partial charge in [0.1, 0.15) is 36.1 Å². The van der Waals surface area contributed by atoms with Crippen LogP contribution in [0.15, 0.2) is 48.7 Å². The van der Waals surface area contributed by atoms with E-state index in [-0.39, 0.29) is 42.2 Å². The number of carbonyl (C=O) groups excluding carboxylic acids is 4. The van der Waals surface area contributed by atoms with E-state index in [2.05, 4.69) is 50.9 Å². The molecule has 0 spiro atoms. The molecule has 6 rings (SSSR count). The molecular weight excluding hydrogens is 805 g/mol. The number of nitrogens with zero attached hydrogens (tertiary/aromatic N) is 4. The highest BCUT2D eigenvalue weighted by Gasteiger charge is 2.36. The minimum absolute atomic E-state index is 0.0305. The smallest absolute Gasteiger partial charge is 0.407 e. The molecule has 0 aliphatic carbocycles. The average molecular weight is 867 g/mol. The lowest BCUT2D eigenvalue weighted by Crippen LogP contribution is -2.54. The third-order valence-corrected chi connectivity index (χ3v) is 11.9. The fraction of sp³-hybridized carbons (Fsp3) is 0.489. The van der Waals surface area contributed by atoms with Gasteiger partial charge >= 0.3 is 12.2 Å². The van der Waals surface area contributed by atoms with Crippen LogP contribution in [0.25, 0.3) is 44.2 Å². The highest BCUT2D eigenvalue weighted by molar-refractivity contribution is 6.07. The second kappa shape index (κ2) is 19.9. The molecule has 1 aliphatic rings. The van der Waals surface area contributed by atoms with E-state index in [1.54, 1.807) is 23.1 Å². The second-order valence-electron chi connectivity index (χ2n) is 17.2. The number of aromatic amines is 2. The Hall–Kier alpha value is -6.16. The Balaban J connectivity index is 1.26. The van der Waals surface area contributed by atoms with Crippen LogP contribution in [0.2, 0.25) is 0 Å². The Morgan fingerprint density at radius 1 is 0.841 bits per heavy atom. The molecule has 16 heteroatoms. The maximum atomic E-state index is 14.0. The van der Waals surface area contributed by atoms with Crippen LogP contribution in [0, 0.1) is 17.8 Å². The first-order valence-corrected chi connectivity index (χ1v) is 21.6. The summed E-state index contributed by atoms with van der Waals surface area (Å²) in [5.41, 5.74) is 6.36. The molecule has 338 valence electrons. The zero-order valence-corrected chi connectivity index (χ0v) is 38.3. The number of methoxy groups -OCH3 is 3. The third-order valence-electron chi connectivity index (χ3n) is 11.9. The predicted octanol–water partition coefficient (Wildman–Crippen LogP) is 7.73. The van der Waals surface area contributed by atoms with Gasteiger partial charge in [-0.2, -0.15) is 0 Å². The van der Waals surface area contributed by atoms with Gasteiger partial charge < -0.3 is 49.3 Å². The van der Waals surface area contributed by atoms with Crippen LogP contribution in [0.3, 0.4) is 0 Å². The van der Waals surface area contributed by atoms with Gasteiger partial charge in [0.25, 0.3) is 0 Å². The van der Waals surface area contributed by atoms with Gasteiger partial charge in [0.05, 0.1) is 56.3 Å². The van der Waals surface area contributed by atoms with Gasteiger partial charge in [-0.15, -0.1) is 0 Å². The molecule has 0 fully saturated rings. The fourth-order valence-corrected chi connectivity index (χ4v) is 8.28. The highest BCUT2D eigenvalue weighted by Crippen LogP contribution is 2.42.